The molecule has 2 unspecified atom stereocenters. The van der Waals surface area contributed by atoms with Crippen LogP contribution in [0.5, 0.6) is 0 Å². The highest BCUT2D eigenvalue weighted by molar-refractivity contribution is 7.47. The molecule has 0 aliphatic carbocycles. The normalized spacial score (nSPS) is 14.2. The van der Waals surface area contributed by atoms with Gasteiger partial charge in [0.25, 0.3) is 0 Å². The average molecular weight is 1340 g/mol. The van der Waals surface area contributed by atoms with Gasteiger partial charge in [-0.2, -0.15) is 0 Å². The van der Waals surface area contributed by atoms with Crippen molar-refractivity contribution in [3.8, 4) is 0 Å². The molecule has 0 heterocycles. The van der Waals surface area contributed by atoms with Crippen molar-refractivity contribution < 1.29 is 80.2 Å². The molecular weight excluding hydrogens is 1200 g/mol. The van der Waals surface area contributed by atoms with Crippen LogP contribution in [0.3, 0.4) is 0 Å². The molecular formula is C72H140O17P2. The maximum Gasteiger partial charge on any atom is 0.472 e. The number of ether oxygens (including phenoxy) is 4. The van der Waals surface area contributed by atoms with Crippen LogP contribution in [0, 0.1) is 17.8 Å². The molecule has 3 N–H and O–H groups in total. The molecule has 0 aromatic carbocycles. The Hall–Kier alpha value is -1.94. The van der Waals surface area contributed by atoms with Crippen molar-refractivity contribution in [1.82, 2.24) is 0 Å². The van der Waals surface area contributed by atoms with Gasteiger partial charge < -0.3 is 33.8 Å². The highest BCUT2D eigenvalue weighted by Crippen LogP contribution is 2.45. The van der Waals surface area contributed by atoms with E-state index in [4.69, 9.17) is 37.0 Å². The monoisotopic (exact) mass is 1340 g/mol. The molecule has 0 saturated heterocycles. The van der Waals surface area contributed by atoms with E-state index in [1.54, 1.807) is 0 Å². The molecule has 0 fully saturated rings. The van der Waals surface area contributed by atoms with Crippen LogP contribution in [0.4, 0.5) is 0 Å². The molecule has 0 rings (SSSR count). The van der Waals surface area contributed by atoms with E-state index in [2.05, 4.69) is 48.5 Å². The topological polar surface area (TPSA) is 237 Å². The second-order valence-corrected chi connectivity index (χ2v) is 30.3. The fourth-order valence-electron chi connectivity index (χ4n) is 10.9. The minimum atomic E-state index is -4.95. The molecule has 0 amide bonds. The van der Waals surface area contributed by atoms with E-state index in [0.717, 1.165) is 108 Å². The van der Waals surface area contributed by atoms with Gasteiger partial charge in [0, 0.05) is 25.7 Å². The minimum absolute atomic E-state index is 0.104. The van der Waals surface area contributed by atoms with Gasteiger partial charge in [0.2, 0.25) is 0 Å². The quantitative estimate of drug-likeness (QED) is 0.0222. The summed E-state index contributed by atoms with van der Waals surface area (Å²) in [5.41, 5.74) is 0. The van der Waals surface area contributed by atoms with E-state index in [-0.39, 0.29) is 25.7 Å². The van der Waals surface area contributed by atoms with E-state index < -0.39 is 97.5 Å². The van der Waals surface area contributed by atoms with Crippen molar-refractivity contribution in [3.63, 3.8) is 0 Å². The fourth-order valence-corrected chi connectivity index (χ4v) is 12.5. The lowest BCUT2D eigenvalue weighted by Crippen LogP contribution is -2.30. The number of esters is 4. The number of rotatable bonds is 70. The third-order valence-electron chi connectivity index (χ3n) is 16.6. The second kappa shape index (κ2) is 62.8. The number of aliphatic hydroxyl groups is 1. The van der Waals surface area contributed by atoms with Crippen molar-refractivity contribution in [1.29, 1.82) is 0 Å². The first-order valence-corrected chi connectivity index (χ1v) is 40.3. The molecule has 19 heteroatoms. The summed E-state index contributed by atoms with van der Waals surface area (Å²) in [7, 11) is -9.90. The zero-order valence-electron chi connectivity index (χ0n) is 59.3. The van der Waals surface area contributed by atoms with Gasteiger partial charge in [0.1, 0.15) is 19.3 Å². The summed E-state index contributed by atoms with van der Waals surface area (Å²) in [5.74, 6) is 0.0945. The van der Waals surface area contributed by atoms with Gasteiger partial charge in [-0.25, -0.2) is 9.13 Å². The Balaban J connectivity index is 5.26. The van der Waals surface area contributed by atoms with Crippen molar-refractivity contribution >= 4 is 39.5 Å². The van der Waals surface area contributed by atoms with Gasteiger partial charge in [-0.05, 0) is 43.4 Å². The Morgan fingerprint density at radius 1 is 0.297 bits per heavy atom. The minimum Gasteiger partial charge on any atom is -0.462 e. The van der Waals surface area contributed by atoms with Gasteiger partial charge in [-0.3, -0.25) is 37.3 Å². The summed E-state index contributed by atoms with van der Waals surface area (Å²) in [6.07, 6.45) is 47.2. The van der Waals surface area contributed by atoms with Crippen LogP contribution < -0.4 is 0 Å². The first-order chi connectivity index (χ1) is 43.7. The summed E-state index contributed by atoms with van der Waals surface area (Å²) >= 11 is 0. The standard InChI is InChI=1S/C72H140O17P2/c1-8-9-10-11-12-13-14-15-16-20-25-32-39-46-53-69(74)82-59-67(88-71(76)55-48-41-33-26-21-18-17-19-23-29-36-43-50-63(2)3)61-86-90(78,79)84-57-66(73)58-85-91(80,81)87-62-68(60-83-70(75)54-47-40-35-28-31-38-45-52-65(6)7)89-72(77)56-49-42-34-27-22-24-30-37-44-51-64(4)5/h63-68,73H,8-62H2,1-7H3,(H,78,79)(H,80,81)/t66-,67-,68-/m1/s1. The molecule has 0 aliphatic heterocycles. The van der Waals surface area contributed by atoms with Crippen molar-refractivity contribution in [3.05, 3.63) is 0 Å². The van der Waals surface area contributed by atoms with Gasteiger partial charge in [-0.15, -0.1) is 0 Å². The van der Waals surface area contributed by atoms with Gasteiger partial charge in [-0.1, -0.05) is 312 Å². The molecule has 91 heavy (non-hydrogen) atoms. The Bertz CT molecular complexity index is 1780. The largest absolute Gasteiger partial charge is 0.472 e. The molecule has 0 aromatic heterocycles. The van der Waals surface area contributed by atoms with Crippen molar-refractivity contribution in [2.75, 3.05) is 39.6 Å². The number of carbonyl (C=O) groups excluding carboxylic acids is 4. The predicted molar refractivity (Wildman–Crippen MR) is 368 cm³/mol. The van der Waals surface area contributed by atoms with E-state index in [9.17, 15) is 43.2 Å². The molecule has 0 saturated carbocycles. The molecule has 17 nitrogen and oxygen atoms in total. The van der Waals surface area contributed by atoms with Crippen LogP contribution in [0.1, 0.15) is 363 Å². The number of aliphatic hydroxyl groups excluding tert-OH is 1. The van der Waals surface area contributed by atoms with Gasteiger partial charge in [0.05, 0.1) is 26.4 Å². The van der Waals surface area contributed by atoms with Crippen LogP contribution >= 0.6 is 15.6 Å². The number of carbonyl (C=O) groups is 4. The summed E-state index contributed by atoms with van der Waals surface area (Å²) < 4.78 is 68.4. The number of unbranched alkanes of at least 4 members (excludes halogenated alkanes) is 38. The van der Waals surface area contributed by atoms with Crippen molar-refractivity contribution in [2.45, 2.75) is 381 Å². The number of hydrogen-bond donors (Lipinski definition) is 3. The lowest BCUT2D eigenvalue weighted by molar-refractivity contribution is -0.161. The maximum atomic E-state index is 13.0. The third-order valence-corrected chi connectivity index (χ3v) is 18.5. The molecule has 0 radical (unpaired) electrons. The summed E-state index contributed by atoms with van der Waals surface area (Å²) in [5, 5.41) is 10.6. The molecule has 0 spiro atoms. The van der Waals surface area contributed by atoms with E-state index in [0.29, 0.717) is 31.6 Å². The number of phosphoric ester groups is 2. The Kier molecular flexibility index (Phi) is 61.5. The molecule has 0 bridgehead atoms. The molecule has 5 atom stereocenters. The Morgan fingerprint density at radius 2 is 0.505 bits per heavy atom. The van der Waals surface area contributed by atoms with E-state index in [1.165, 1.54) is 167 Å². The lowest BCUT2D eigenvalue weighted by atomic mass is 10.0. The highest BCUT2D eigenvalue weighted by Gasteiger charge is 2.30. The second-order valence-electron chi connectivity index (χ2n) is 27.4. The van der Waals surface area contributed by atoms with Crippen LogP contribution in [0.25, 0.3) is 0 Å². The SMILES string of the molecule is CCCCCCCCCCCCCCCCC(=O)OC[C@H](COP(=O)(O)OC[C@@H](O)COP(=O)(O)OC[C@@H](COC(=O)CCCCCCCCCC(C)C)OC(=O)CCCCCCCCCCCC(C)C)OC(=O)CCCCCCCCCCCCCCC(C)C. The first-order valence-electron chi connectivity index (χ1n) is 37.3. The smallest absolute Gasteiger partial charge is 0.462 e. The van der Waals surface area contributed by atoms with Gasteiger partial charge >= 0.3 is 39.5 Å². The Labute approximate surface area is 556 Å². The molecule has 0 aromatic rings. The number of hydrogen-bond acceptors (Lipinski definition) is 15. The fraction of sp³-hybridized carbons (Fsp3) is 0.944. The summed E-state index contributed by atoms with van der Waals surface area (Å²) in [6.45, 7) is 11.8. The summed E-state index contributed by atoms with van der Waals surface area (Å²) in [6, 6.07) is 0. The first kappa shape index (κ1) is 89.1. The van der Waals surface area contributed by atoms with Crippen LogP contribution in [-0.2, 0) is 65.4 Å². The van der Waals surface area contributed by atoms with Crippen LogP contribution in [-0.4, -0.2) is 96.7 Å². The lowest BCUT2D eigenvalue weighted by Gasteiger charge is -2.21. The van der Waals surface area contributed by atoms with E-state index in [1.807, 2.05) is 0 Å². The van der Waals surface area contributed by atoms with Crippen LogP contribution in [0.2, 0.25) is 0 Å². The zero-order valence-corrected chi connectivity index (χ0v) is 61.1. The van der Waals surface area contributed by atoms with Crippen LogP contribution in [0.15, 0.2) is 0 Å². The average Bonchev–Trinajstić information content (AvgIpc) is 3.51. The maximum absolute atomic E-state index is 13.0. The predicted octanol–water partition coefficient (Wildman–Crippen LogP) is 20.6. The van der Waals surface area contributed by atoms with Crippen molar-refractivity contribution in [2.24, 2.45) is 17.8 Å². The highest BCUT2D eigenvalue weighted by atomic mass is 31.2. The third kappa shape index (κ3) is 66.5. The zero-order chi connectivity index (χ0) is 67.3. The molecule has 0 aliphatic rings. The number of phosphoric acid groups is 2. The Morgan fingerprint density at radius 3 is 0.747 bits per heavy atom. The van der Waals surface area contributed by atoms with E-state index >= 15 is 0 Å². The summed E-state index contributed by atoms with van der Waals surface area (Å²) in [4.78, 5) is 72.6. The molecule has 540 valence electrons. The van der Waals surface area contributed by atoms with Gasteiger partial charge in [0.15, 0.2) is 12.2 Å².